The zero-order valence-electron chi connectivity index (χ0n) is 9.98. The molecule has 3 heteroatoms. The van der Waals surface area contributed by atoms with Crippen LogP contribution in [0.1, 0.15) is 24.0 Å². The molecule has 0 spiro atoms. The molecule has 3 N–H and O–H groups in total. The van der Waals surface area contributed by atoms with E-state index in [9.17, 15) is 5.11 Å². The average Bonchev–Trinajstić information content (AvgIpc) is 2.15. The Morgan fingerprint density at radius 2 is 2.12 bits per heavy atom. The van der Waals surface area contributed by atoms with Crippen LogP contribution in [-0.2, 0) is 12.1 Å². The molecule has 0 aromatic heterocycles. The quantitative estimate of drug-likeness (QED) is 0.800. The summed E-state index contributed by atoms with van der Waals surface area (Å²) in [6.07, 6.45) is 1.14. The van der Waals surface area contributed by atoms with Gasteiger partial charge in [0, 0.05) is 12.1 Å². The van der Waals surface area contributed by atoms with Crippen molar-refractivity contribution in [1.29, 1.82) is 0 Å². The third kappa shape index (κ3) is 2.26. The predicted octanol–water partition coefficient (Wildman–Crippen LogP) is 1.06. The summed E-state index contributed by atoms with van der Waals surface area (Å²) in [6.45, 7) is 0.923. The van der Waals surface area contributed by atoms with Crippen LogP contribution in [0.5, 0.6) is 0 Å². The largest absolute Gasteiger partial charge is 0.393 e. The minimum atomic E-state index is -0.304. The number of benzene rings is 1. The molecule has 0 radical (unpaired) electrons. The number of hydrogen-bond acceptors (Lipinski definition) is 3. The lowest BCUT2D eigenvalue weighted by Crippen LogP contribution is -2.51. The van der Waals surface area contributed by atoms with Crippen molar-refractivity contribution in [2.75, 3.05) is 14.1 Å². The molecule has 1 aromatic rings. The van der Waals surface area contributed by atoms with E-state index in [1.54, 1.807) is 0 Å². The summed E-state index contributed by atoms with van der Waals surface area (Å²) in [6, 6.07) is 8.38. The molecule has 0 saturated heterocycles. The second kappa shape index (κ2) is 4.17. The van der Waals surface area contributed by atoms with Gasteiger partial charge in [-0.15, -0.1) is 0 Å². The SMILES string of the molecule is CN(C)Cc1cccc(C2(N)CC(O)C2)c1. The van der Waals surface area contributed by atoms with E-state index in [-0.39, 0.29) is 11.6 Å². The molecule has 1 aliphatic carbocycles. The first-order valence-corrected chi connectivity index (χ1v) is 5.71. The van der Waals surface area contributed by atoms with Gasteiger partial charge in [-0.3, -0.25) is 0 Å². The van der Waals surface area contributed by atoms with Crippen LogP contribution in [0.2, 0.25) is 0 Å². The van der Waals surface area contributed by atoms with Gasteiger partial charge in [-0.25, -0.2) is 0 Å². The van der Waals surface area contributed by atoms with E-state index in [1.165, 1.54) is 5.56 Å². The van der Waals surface area contributed by atoms with E-state index in [1.807, 2.05) is 6.07 Å². The first kappa shape index (κ1) is 11.6. The molecular formula is C13H20N2O. The number of rotatable bonds is 3. The molecule has 1 saturated carbocycles. The van der Waals surface area contributed by atoms with Crippen molar-refractivity contribution in [2.45, 2.75) is 31.0 Å². The van der Waals surface area contributed by atoms with Crippen LogP contribution in [0.25, 0.3) is 0 Å². The van der Waals surface area contributed by atoms with E-state index in [4.69, 9.17) is 5.73 Å². The molecule has 3 nitrogen and oxygen atoms in total. The van der Waals surface area contributed by atoms with E-state index < -0.39 is 0 Å². The molecule has 0 bridgehead atoms. The molecular weight excluding hydrogens is 200 g/mol. The van der Waals surface area contributed by atoms with Gasteiger partial charge in [-0.1, -0.05) is 24.3 Å². The van der Waals surface area contributed by atoms with E-state index >= 15 is 0 Å². The molecule has 0 atom stereocenters. The first-order valence-electron chi connectivity index (χ1n) is 5.71. The van der Waals surface area contributed by atoms with Crippen LogP contribution in [-0.4, -0.2) is 30.2 Å². The third-order valence-electron chi connectivity index (χ3n) is 3.20. The molecule has 0 unspecified atom stereocenters. The highest BCUT2D eigenvalue weighted by molar-refractivity contribution is 5.32. The van der Waals surface area contributed by atoms with Crippen molar-refractivity contribution in [2.24, 2.45) is 5.73 Å². The van der Waals surface area contributed by atoms with Gasteiger partial charge in [-0.2, -0.15) is 0 Å². The maximum atomic E-state index is 9.37. The van der Waals surface area contributed by atoms with Crippen molar-refractivity contribution in [1.82, 2.24) is 4.90 Å². The summed E-state index contributed by atoms with van der Waals surface area (Å²) in [5, 5.41) is 9.37. The normalized spacial score (nSPS) is 29.2. The molecule has 1 aliphatic rings. The Balaban J connectivity index is 2.16. The third-order valence-corrected chi connectivity index (χ3v) is 3.20. The molecule has 1 fully saturated rings. The Labute approximate surface area is 96.9 Å². The standard InChI is InChI=1S/C13H20N2O/c1-15(2)9-10-4-3-5-11(6-10)13(14)7-12(16)8-13/h3-6,12,16H,7-9,14H2,1-2H3. The highest BCUT2D eigenvalue weighted by Crippen LogP contribution is 2.39. The summed E-state index contributed by atoms with van der Waals surface area (Å²) in [5.41, 5.74) is 8.36. The second-order valence-electron chi connectivity index (χ2n) is 5.16. The molecule has 88 valence electrons. The topological polar surface area (TPSA) is 49.5 Å². The van der Waals surface area contributed by atoms with Crippen LogP contribution in [0.15, 0.2) is 24.3 Å². The van der Waals surface area contributed by atoms with Crippen LogP contribution < -0.4 is 5.73 Å². The van der Waals surface area contributed by atoms with Gasteiger partial charge in [0.05, 0.1) is 6.10 Å². The van der Waals surface area contributed by atoms with Gasteiger partial charge < -0.3 is 15.7 Å². The molecule has 16 heavy (non-hydrogen) atoms. The number of hydrogen-bond donors (Lipinski definition) is 2. The first-order chi connectivity index (χ1) is 7.49. The molecule has 2 rings (SSSR count). The number of nitrogens with zero attached hydrogens (tertiary/aromatic N) is 1. The highest BCUT2D eigenvalue weighted by atomic mass is 16.3. The Hall–Kier alpha value is -0.900. The van der Waals surface area contributed by atoms with Crippen LogP contribution in [0.3, 0.4) is 0 Å². The summed E-state index contributed by atoms with van der Waals surface area (Å²) < 4.78 is 0. The fraction of sp³-hybridized carbons (Fsp3) is 0.538. The van der Waals surface area contributed by atoms with E-state index in [0.29, 0.717) is 12.8 Å². The van der Waals surface area contributed by atoms with Crippen LogP contribution in [0, 0.1) is 0 Å². The van der Waals surface area contributed by atoms with Crippen molar-refractivity contribution < 1.29 is 5.11 Å². The lowest BCUT2D eigenvalue weighted by molar-refractivity contribution is 0.0209. The predicted molar refractivity (Wildman–Crippen MR) is 64.9 cm³/mol. The monoisotopic (exact) mass is 220 g/mol. The maximum absolute atomic E-state index is 9.37. The van der Waals surface area contributed by atoms with Crippen molar-refractivity contribution in [3.63, 3.8) is 0 Å². The second-order valence-corrected chi connectivity index (χ2v) is 5.16. The lowest BCUT2D eigenvalue weighted by Gasteiger charge is -2.42. The minimum absolute atomic E-state index is 0.220. The zero-order valence-corrected chi connectivity index (χ0v) is 9.98. The Bertz CT molecular complexity index is 370. The van der Waals surface area contributed by atoms with Gasteiger partial charge in [0.15, 0.2) is 0 Å². The Morgan fingerprint density at radius 1 is 1.44 bits per heavy atom. The molecule has 0 amide bonds. The highest BCUT2D eigenvalue weighted by Gasteiger charge is 2.41. The summed E-state index contributed by atoms with van der Waals surface area (Å²) in [4.78, 5) is 2.14. The molecule has 0 aliphatic heterocycles. The zero-order chi connectivity index (χ0) is 11.8. The molecule has 1 aromatic carbocycles. The van der Waals surface area contributed by atoms with Crippen molar-refractivity contribution in [3.8, 4) is 0 Å². The Morgan fingerprint density at radius 3 is 2.69 bits per heavy atom. The van der Waals surface area contributed by atoms with Gasteiger partial charge in [0.2, 0.25) is 0 Å². The number of nitrogens with two attached hydrogens (primary N) is 1. The van der Waals surface area contributed by atoms with E-state index in [0.717, 1.165) is 12.1 Å². The fourth-order valence-electron chi connectivity index (χ4n) is 2.36. The fourth-order valence-corrected chi connectivity index (χ4v) is 2.36. The van der Waals surface area contributed by atoms with Crippen molar-refractivity contribution >= 4 is 0 Å². The van der Waals surface area contributed by atoms with Crippen LogP contribution >= 0.6 is 0 Å². The van der Waals surface area contributed by atoms with Gasteiger partial charge in [0.25, 0.3) is 0 Å². The van der Waals surface area contributed by atoms with Crippen LogP contribution in [0.4, 0.5) is 0 Å². The average molecular weight is 220 g/mol. The summed E-state index contributed by atoms with van der Waals surface area (Å²) in [5.74, 6) is 0. The van der Waals surface area contributed by atoms with Gasteiger partial charge in [0.1, 0.15) is 0 Å². The lowest BCUT2D eigenvalue weighted by atomic mass is 9.70. The van der Waals surface area contributed by atoms with E-state index in [2.05, 4.69) is 37.2 Å². The summed E-state index contributed by atoms with van der Waals surface area (Å²) >= 11 is 0. The van der Waals surface area contributed by atoms with Crippen molar-refractivity contribution in [3.05, 3.63) is 35.4 Å². The Kier molecular flexibility index (Phi) is 3.02. The minimum Gasteiger partial charge on any atom is -0.393 e. The van der Waals surface area contributed by atoms with Gasteiger partial charge >= 0.3 is 0 Å². The number of aliphatic hydroxyl groups is 1. The molecule has 0 heterocycles. The maximum Gasteiger partial charge on any atom is 0.0582 e. The summed E-state index contributed by atoms with van der Waals surface area (Å²) in [7, 11) is 4.11. The smallest absolute Gasteiger partial charge is 0.0582 e. The van der Waals surface area contributed by atoms with Gasteiger partial charge in [-0.05, 0) is 38.1 Å². The number of aliphatic hydroxyl groups excluding tert-OH is 1.